The van der Waals surface area contributed by atoms with Gasteiger partial charge in [0, 0.05) is 0 Å². The maximum atomic E-state index is 2.64. The third kappa shape index (κ3) is 3.46. The third-order valence-corrected chi connectivity index (χ3v) is 11.9. The van der Waals surface area contributed by atoms with Gasteiger partial charge in [-0.05, 0) is 0 Å². The van der Waals surface area contributed by atoms with Crippen molar-refractivity contribution in [2.24, 2.45) is 0 Å². The topological polar surface area (TPSA) is 0 Å². The predicted octanol–water partition coefficient (Wildman–Crippen LogP) is 2.45. The molecule has 0 heterocycles. The molecular weight excluding hydrogens is 248 g/mol. The summed E-state index contributed by atoms with van der Waals surface area (Å²) in [6, 6.07) is 0. The van der Waals surface area contributed by atoms with E-state index in [0.29, 0.717) is 0 Å². The molecule has 0 aromatic rings. The fourth-order valence-electron chi connectivity index (χ4n) is 0.250. The van der Waals surface area contributed by atoms with Crippen molar-refractivity contribution in [3.05, 3.63) is 0 Å². The summed E-state index contributed by atoms with van der Waals surface area (Å²) < 4.78 is 0. The first-order valence-corrected chi connectivity index (χ1v) is 11.7. The van der Waals surface area contributed by atoms with Gasteiger partial charge < -0.3 is 0 Å². The van der Waals surface area contributed by atoms with Crippen molar-refractivity contribution < 1.29 is 0 Å². The number of hydrogen-bond acceptors (Lipinski definition) is 0. The molecule has 37 valence electrons. The summed E-state index contributed by atoms with van der Waals surface area (Å²) in [6.45, 7) is 4.59. The van der Waals surface area contributed by atoms with Crippen molar-refractivity contribution >= 4 is 31.3 Å². The van der Waals surface area contributed by atoms with Crippen LogP contribution in [0.25, 0.3) is 0 Å². The Morgan fingerprint density at radius 3 is 1.67 bits per heavy atom. The van der Waals surface area contributed by atoms with E-state index in [2.05, 4.69) is 34.1 Å². The van der Waals surface area contributed by atoms with Crippen molar-refractivity contribution in [3.63, 3.8) is 0 Å². The van der Waals surface area contributed by atoms with Crippen molar-refractivity contribution in [2.45, 2.75) is 24.4 Å². The summed E-state index contributed by atoms with van der Waals surface area (Å²) in [7, 11) is 0. The molecule has 0 N–H and O–H groups in total. The van der Waals surface area contributed by atoms with E-state index in [-0.39, 0.29) is 0 Å². The first-order valence-electron chi connectivity index (χ1n) is 2.31. The molecule has 0 saturated heterocycles. The molecule has 6 heavy (non-hydrogen) atoms. The van der Waals surface area contributed by atoms with E-state index in [1.54, 1.807) is 0 Å². The van der Waals surface area contributed by atoms with E-state index >= 15 is 0 Å². The molecule has 0 aliphatic carbocycles. The molecule has 1 radical (unpaired) electrons. The normalized spacial score (nSPS) is 10.0. The quantitative estimate of drug-likeness (QED) is 0.527. The number of rotatable bonds is 2. The van der Waals surface area contributed by atoms with E-state index in [0.717, 1.165) is 0 Å². The standard InChI is InChI=1S/C4H10GeI/c1-3-5(6)4-2/h3-4H2,1-2H3. The third-order valence-electron chi connectivity index (χ3n) is 0.767. The summed E-state index contributed by atoms with van der Waals surface area (Å²) in [5.41, 5.74) is 0. The Hall–Kier alpha value is 1.27. The molecule has 0 nitrogen and oxygen atoms in total. The van der Waals surface area contributed by atoms with E-state index < -0.39 is 11.0 Å². The zero-order chi connectivity index (χ0) is 4.99. The molecule has 0 amide bonds. The van der Waals surface area contributed by atoms with Crippen LogP contribution in [0.1, 0.15) is 13.8 Å². The molecule has 0 saturated carbocycles. The van der Waals surface area contributed by atoms with Crippen molar-refractivity contribution in [1.82, 2.24) is 0 Å². The fraction of sp³-hybridized carbons (Fsp3) is 1.00. The number of hydrogen-bond donors (Lipinski definition) is 0. The molecule has 0 unspecified atom stereocenters. The first kappa shape index (κ1) is 7.27. The minimum absolute atomic E-state index is 0.410. The minimum atomic E-state index is -0.410. The van der Waals surface area contributed by atoms with Crippen LogP contribution in [-0.4, -0.2) is 11.0 Å². The van der Waals surface area contributed by atoms with Gasteiger partial charge >= 0.3 is 55.6 Å². The summed E-state index contributed by atoms with van der Waals surface area (Å²) in [5.74, 6) is 0. The van der Waals surface area contributed by atoms with Gasteiger partial charge in [-0.1, -0.05) is 0 Å². The van der Waals surface area contributed by atoms with Crippen LogP contribution in [0.2, 0.25) is 10.5 Å². The van der Waals surface area contributed by atoms with E-state index in [1.807, 2.05) is 0 Å². The van der Waals surface area contributed by atoms with Crippen LogP contribution in [0.15, 0.2) is 0 Å². The molecule has 0 bridgehead atoms. The van der Waals surface area contributed by atoms with E-state index in [1.165, 1.54) is 10.5 Å². The fourth-order valence-corrected chi connectivity index (χ4v) is 1.30. The average Bonchev–Trinajstić information content (AvgIpc) is 1.65. The summed E-state index contributed by atoms with van der Waals surface area (Å²) >= 11 is 2.23. The van der Waals surface area contributed by atoms with Gasteiger partial charge in [-0.3, -0.25) is 0 Å². The second-order valence-electron chi connectivity index (χ2n) is 1.22. The van der Waals surface area contributed by atoms with Gasteiger partial charge in [-0.15, -0.1) is 0 Å². The molecule has 0 aromatic heterocycles. The Morgan fingerprint density at radius 2 is 1.67 bits per heavy atom. The van der Waals surface area contributed by atoms with Crippen LogP contribution in [-0.2, 0) is 0 Å². The second kappa shape index (κ2) is 4.43. The molecule has 2 heteroatoms. The molecule has 0 spiro atoms. The maximum absolute atomic E-state index is 2.64. The van der Waals surface area contributed by atoms with Crippen molar-refractivity contribution in [1.29, 1.82) is 0 Å². The van der Waals surface area contributed by atoms with Crippen LogP contribution in [0, 0.1) is 0 Å². The van der Waals surface area contributed by atoms with Gasteiger partial charge in [0.2, 0.25) is 0 Å². The molecule has 0 aromatic carbocycles. The second-order valence-corrected chi connectivity index (χ2v) is 14.3. The van der Waals surface area contributed by atoms with Crippen molar-refractivity contribution in [2.75, 3.05) is 0 Å². The average molecular weight is 258 g/mol. The monoisotopic (exact) mass is 259 g/mol. The molecule has 0 aliphatic heterocycles. The summed E-state index contributed by atoms with van der Waals surface area (Å²) in [6.07, 6.45) is 0. The Morgan fingerprint density at radius 1 is 1.33 bits per heavy atom. The van der Waals surface area contributed by atoms with Crippen LogP contribution < -0.4 is 0 Å². The van der Waals surface area contributed by atoms with Crippen molar-refractivity contribution in [3.8, 4) is 0 Å². The van der Waals surface area contributed by atoms with E-state index in [4.69, 9.17) is 0 Å². The summed E-state index contributed by atoms with van der Waals surface area (Å²) in [5, 5.41) is 2.97. The Balaban J connectivity index is 2.75. The predicted molar refractivity (Wildman–Crippen MR) is 40.7 cm³/mol. The first-order chi connectivity index (χ1) is 2.81. The Labute approximate surface area is 55.4 Å². The van der Waals surface area contributed by atoms with Gasteiger partial charge in [-0.25, -0.2) is 0 Å². The number of halogens is 1. The molecule has 0 atom stereocenters. The van der Waals surface area contributed by atoms with Gasteiger partial charge in [-0.2, -0.15) is 0 Å². The van der Waals surface area contributed by atoms with Crippen LogP contribution >= 0.6 is 20.2 Å². The van der Waals surface area contributed by atoms with Gasteiger partial charge in [0.1, 0.15) is 0 Å². The van der Waals surface area contributed by atoms with Gasteiger partial charge in [0.05, 0.1) is 0 Å². The summed E-state index contributed by atoms with van der Waals surface area (Å²) in [4.78, 5) is 0. The molecular formula is C4H10GeI. The zero-order valence-corrected chi connectivity index (χ0v) is 8.55. The SMILES string of the molecule is C[CH2][Ge]([I])[CH2]C. The van der Waals surface area contributed by atoms with E-state index in [9.17, 15) is 0 Å². The molecule has 0 rings (SSSR count). The molecule has 0 fully saturated rings. The van der Waals surface area contributed by atoms with Gasteiger partial charge in [0.25, 0.3) is 0 Å². The Kier molecular flexibility index (Phi) is 5.37. The van der Waals surface area contributed by atoms with Crippen LogP contribution in [0.3, 0.4) is 0 Å². The van der Waals surface area contributed by atoms with Crippen LogP contribution in [0.4, 0.5) is 0 Å². The van der Waals surface area contributed by atoms with Crippen LogP contribution in [0.5, 0.6) is 0 Å². The Bertz CT molecular complexity index is 26.7. The zero-order valence-electron chi connectivity index (χ0n) is 4.29. The molecule has 0 aliphatic rings. The van der Waals surface area contributed by atoms with Gasteiger partial charge in [0.15, 0.2) is 0 Å².